The highest BCUT2D eigenvalue weighted by atomic mass is 32.2. The molecule has 0 spiro atoms. The standard InChI is InChI=1S/C13H21F3N2O5S/c1-12(2,3)9(17-24(4,22)23)10(19)18-5-7(11(20)21)8(6-18)13(14,15)16/h7-9,17H,5-6H2,1-4H3,(H,20,21)/t7-,8-,9?/m1/s1. The molecule has 1 saturated heterocycles. The zero-order chi connectivity index (χ0) is 19.1. The number of likely N-dealkylation sites (tertiary alicyclic amines) is 1. The molecule has 0 aromatic rings. The van der Waals surface area contributed by atoms with E-state index in [-0.39, 0.29) is 0 Å². The van der Waals surface area contributed by atoms with Crippen LogP contribution >= 0.6 is 0 Å². The highest BCUT2D eigenvalue weighted by Crippen LogP contribution is 2.38. The summed E-state index contributed by atoms with van der Waals surface area (Å²) in [5.41, 5.74) is -0.908. The molecule has 0 radical (unpaired) electrons. The van der Waals surface area contributed by atoms with Crippen LogP contribution < -0.4 is 4.72 Å². The van der Waals surface area contributed by atoms with Crippen molar-refractivity contribution in [2.24, 2.45) is 17.3 Å². The number of carboxylic acids is 1. The van der Waals surface area contributed by atoms with Crippen molar-refractivity contribution in [1.29, 1.82) is 0 Å². The van der Waals surface area contributed by atoms with Gasteiger partial charge >= 0.3 is 12.1 Å². The summed E-state index contributed by atoms with van der Waals surface area (Å²) in [5.74, 6) is -6.47. The van der Waals surface area contributed by atoms with Gasteiger partial charge in [0.25, 0.3) is 0 Å². The summed E-state index contributed by atoms with van der Waals surface area (Å²) >= 11 is 0. The van der Waals surface area contributed by atoms with E-state index in [0.29, 0.717) is 0 Å². The Bertz CT molecular complexity index is 612. The molecule has 11 heteroatoms. The lowest BCUT2D eigenvalue weighted by Gasteiger charge is -2.33. The number of alkyl halides is 3. The zero-order valence-electron chi connectivity index (χ0n) is 13.7. The van der Waals surface area contributed by atoms with Gasteiger partial charge in [0.2, 0.25) is 15.9 Å². The van der Waals surface area contributed by atoms with Crippen LogP contribution in [0.5, 0.6) is 0 Å². The molecule has 0 aliphatic carbocycles. The number of nitrogens with one attached hydrogen (secondary N) is 1. The molecule has 2 N–H and O–H groups in total. The van der Waals surface area contributed by atoms with E-state index in [0.717, 1.165) is 11.2 Å². The number of rotatable bonds is 4. The van der Waals surface area contributed by atoms with Gasteiger partial charge in [-0.3, -0.25) is 9.59 Å². The Morgan fingerprint density at radius 2 is 1.71 bits per heavy atom. The van der Waals surface area contributed by atoms with Gasteiger partial charge in [-0.15, -0.1) is 0 Å². The van der Waals surface area contributed by atoms with E-state index in [1.807, 2.05) is 0 Å². The smallest absolute Gasteiger partial charge is 0.394 e. The second-order valence-corrected chi connectivity index (χ2v) is 8.81. The number of carboxylic acid groups (broad SMARTS) is 1. The zero-order valence-corrected chi connectivity index (χ0v) is 14.5. The van der Waals surface area contributed by atoms with Gasteiger partial charge in [-0.1, -0.05) is 20.8 Å². The number of carbonyl (C=O) groups excluding carboxylic acids is 1. The molecule has 1 rings (SSSR count). The number of nitrogens with zero attached hydrogens (tertiary/aromatic N) is 1. The van der Waals surface area contributed by atoms with Crippen molar-refractivity contribution in [1.82, 2.24) is 9.62 Å². The predicted octanol–water partition coefficient (Wildman–Crippen LogP) is 0.672. The summed E-state index contributed by atoms with van der Waals surface area (Å²) in [7, 11) is -3.79. The molecular weight excluding hydrogens is 353 g/mol. The van der Waals surface area contributed by atoms with E-state index in [9.17, 15) is 31.2 Å². The molecule has 7 nitrogen and oxygen atoms in total. The quantitative estimate of drug-likeness (QED) is 0.753. The number of halogens is 3. The number of hydrogen-bond donors (Lipinski definition) is 2. The minimum atomic E-state index is -4.76. The van der Waals surface area contributed by atoms with E-state index in [4.69, 9.17) is 5.11 Å². The Hall–Kier alpha value is -1.36. The molecule has 24 heavy (non-hydrogen) atoms. The van der Waals surface area contributed by atoms with E-state index < -0.39 is 64.5 Å². The summed E-state index contributed by atoms with van der Waals surface area (Å²) < 4.78 is 64.0. The molecule has 1 aliphatic rings. The van der Waals surface area contributed by atoms with Crippen molar-refractivity contribution in [3.63, 3.8) is 0 Å². The van der Waals surface area contributed by atoms with Gasteiger partial charge in [0.05, 0.1) is 18.1 Å². The molecule has 0 saturated carbocycles. The minimum absolute atomic E-state index is 0.615. The van der Waals surface area contributed by atoms with Crippen molar-refractivity contribution in [3.05, 3.63) is 0 Å². The maximum atomic E-state index is 13.0. The summed E-state index contributed by atoms with van der Waals surface area (Å²) in [6.45, 7) is 3.24. The maximum Gasteiger partial charge on any atom is 0.394 e. The molecule has 3 atom stereocenters. The van der Waals surface area contributed by atoms with Crippen LogP contribution in [0.15, 0.2) is 0 Å². The SMILES string of the molecule is CC(C)(C)C(NS(C)(=O)=O)C(=O)N1C[C@@H](C(F)(F)F)[C@H](C(=O)O)C1. The first-order valence-electron chi connectivity index (χ1n) is 7.09. The lowest BCUT2D eigenvalue weighted by molar-refractivity contribution is -0.188. The minimum Gasteiger partial charge on any atom is -0.481 e. The predicted molar refractivity (Wildman–Crippen MR) is 78.5 cm³/mol. The Balaban J connectivity index is 3.10. The number of amides is 1. The first kappa shape index (κ1) is 20.7. The fourth-order valence-corrected chi connectivity index (χ4v) is 3.44. The van der Waals surface area contributed by atoms with E-state index in [2.05, 4.69) is 4.72 Å². The van der Waals surface area contributed by atoms with Crippen LogP contribution in [0.2, 0.25) is 0 Å². The first-order chi connectivity index (χ1) is 10.5. The molecule has 1 unspecified atom stereocenters. The molecule has 1 fully saturated rings. The van der Waals surface area contributed by atoms with Crippen LogP contribution in [0.4, 0.5) is 13.2 Å². The van der Waals surface area contributed by atoms with Crippen LogP contribution in [-0.2, 0) is 19.6 Å². The Labute approximate surface area is 138 Å². The monoisotopic (exact) mass is 374 g/mol. The average Bonchev–Trinajstić information content (AvgIpc) is 2.77. The summed E-state index contributed by atoms with van der Waals surface area (Å²) in [6, 6.07) is -1.30. The molecule has 1 aliphatic heterocycles. The van der Waals surface area contributed by atoms with Gasteiger partial charge in [0.15, 0.2) is 0 Å². The molecule has 0 aromatic carbocycles. The van der Waals surface area contributed by atoms with Gasteiger partial charge < -0.3 is 10.0 Å². The fraction of sp³-hybridized carbons (Fsp3) is 0.846. The topological polar surface area (TPSA) is 104 Å². The van der Waals surface area contributed by atoms with Gasteiger partial charge in [-0.25, -0.2) is 13.1 Å². The highest BCUT2D eigenvalue weighted by molar-refractivity contribution is 7.88. The largest absolute Gasteiger partial charge is 0.481 e. The third kappa shape index (κ3) is 5.07. The van der Waals surface area contributed by atoms with Crippen molar-refractivity contribution in [2.75, 3.05) is 19.3 Å². The molecule has 0 aromatic heterocycles. The number of aliphatic carboxylic acids is 1. The van der Waals surface area contributed by atoms with Crippen LogP contribution in [0.3, 0.4) is 0 Å². The third-order valence-electron chi connectivity index (χ3n) is 3.81. The maximum absolute atomic E-state index is 13.0. The molecule has 140 valence electrons. The number of sulfonamides is 1. The molecular formula is C13H21F3N2O5S. The number of carbonyl (C=O) groups is 2. The number of hydrogen-bond acceptors (Lipinski definition) is 4. The Morgan fingerprint density at radius 3 is 2.00 bits per heavy atom. The van der Waals surface area contributed by atoms with Gasteiger partial charge in [0.1, 0.15) is 6.04 Å². The normalized spacial score (nSPS) is 24.0. The first-order valence-corrected chi connectivity index (χ1v) is 8.99. The van der Waals surface area contributed by atoms with Gasteiger partial charge in [-0.05, 0) is 5.41 Å². The van der Waals surface area contributed by atoms with Crippen molar-refractivity contribution >= 4 is 21.9 Å². The van der Waals surface area contributed by atoms with E-state index >= 15 is 0 Å². The van der Waals surface area contributed by atoms with Gasteiger partial charge in [0, 0.05) is 13.1 Å². The summed E-state index contributed by atoms with van der Waals surface area (Å²) in [5, 5.41) is 8.98. The molecule has 0 bridgehead atoms. The summed E-state index contributed by atoms with van der Waals surface area (Å²) in [6.07, 6.45) is -3.93. The van der Waals surface area contributed by atoms with E-state index in [1.165, 1.54) is 0 Å². The van der Waals surface area contributed by atoms with Crippen molar-refractivity contribution < 1.29 is 36.3 Å². The van der Waals surface area contributed by atoms with Crippen molar-refractivity contribution in [2.45, 2.75) is 33.0 Å². The average molecular weight is 374 g/mol. The second kappa shape index (κ2) is 6.51. The van der Waals surface area contributed by atoms with Crippen LogP contribution in [0.1, 0.15) is 20.8 Å². The highest BCUT2D eigenvalue weighted by Gasteiger charge is 2.54. The van der Waals surface area contributed by atoms with Crippen LogP contribution in [-0.4, -0.2) is 61.9 Å². The van der Waals surface area contributed by atoms with Crippen molar-refractivity contribution in [3.8, 4) is 0 Å². The Kier molecular flexibility index (Phi) is 5.61. The second-order valence-electron chi connectivity index (χ2n) is 7.03. The molecule has 1 amide bonds. The summed E-state index contributed by atoms with van der Waals surface area (Å²) in [4.78, 5) is 24.4. The lowest BCUT2D eigenvalue weighted by atomic mass is 9.86. The van der Waals surface area contributed by atoms with Crippen LogP contribution in [0, 0.1) is 17.3 Å². The van der Waals surface area contributed by atoms with Gasteiger partial charge in [-0.2, -0.15) is 13.2 Å². The third-order valence-corrected chi connectivity index (χ3v) is 4.48. The van der Waals surface area contributed by atoms with Crippen LogP contribution in [0.25, 0.3) is 0 Å². The lowest BCUT2D eigenvalue weighted by Crippen LogP contribution is -2.54. The van der Waals surface area contributed by atoms with E-state index in [1.54, 1.807) is 20.8 Å². The Morgan fingerprint density at radius 1 is 1.21 bits per heavy atom. The fourth-order valence-electron chi connectivity index (χ4n) is 2.56. The molecule has 1 heterocycles.